The first kappa shape index (κ1) is 13.8. The van der Waals surface area contributed by atoms with Crippen LogP contribution in [0.25, 0.3) is 0 Å². The van der Waals surface area contributed by atoms with Crippen molar-refractivity contribution in [2.75, 3.05) is 46.5 Å². The molecule has 2 aliphatic heterocycles. The van der Waals surface area contributed by atoms with Crippen molar-refractivity contribution in [3.05, 3.63) is 0 Å². The highest BCUT2D eigenvalue weighted by Crippen LogP contribution is 2.40. The zero-order chi connectivity index (χ0) is 13.3. The monoisotopic (exact) mass is 268 g/mol. The normalized spacial score (nSPS) is 41.4. The molecule has 1 N–H and O–H groups in total. The molecule has 19 heavy (non-hydrogen) atoms. The van der Waals surface area contributed by atoms with Gasteiger partial charge >= 0.3 is 0 Å². The topological polar surface area (TPSA) is 33.7 Å². The largest absolute Gasteiger partial charge is 0.378 e. The van der Waals surface area contributed by atoms with Gasteiger partial charge in [0.15, 0.2) is 0 Å². The Hall–Kier alpha value is -0.160. The lowest BCUT2D eigenvalue weighted by molar-refractivity contribution is -0.0433. The minimum absolute atomic E-state index is 0.0607. The zero-order valence-corrected chi connectivity index (χ0v) is 12.4. The first-order chi connectivity index (χ1) is 9.16. The Bertz CT molecular complexity index is 313. The Kier molecular flexibility index (Phi) is 3.87. The number of rotatable bonds is 4. The average molecular weight is 268 g/mol. The van der Waals surface area contributed by atoms with E-state index in [0.29, 0.717) is 5.54 Å². The van der Waals surface area contributed by atoms with Gasteiger partial charge in [-0.15, -0.1) is 0 Å². The van der Waals surface area contributed by atoms with Crippen LogP contribution in [-0.4, -0.2) is 62.5 Å². The van der Waals surface area contributed by atoms with Crippen molar-refractivity contribution < 1.29 is 9.47 Å². The summed E-state index contributed by atoms with van der Waals surface area (Å²) < 4.78 is 11.4. The second kappa shape index (κ2) is 5.32. The van der Waals surface area contributed by atoms with Gasteiger partial charge < -0.3 is 14.8 Å². The van der Waals surface area contributed by atoms with Crippen molar-refractivity contribution in [2.45, 2.75) is 43.7 Å². The van der Waals surface area contributed by atoms with Crippen LogP contribution in [-0.2, 0) is 9.47 Å². The summed E-state index contributed by atoms with van der Waals surface area (Å²) in [6, 6.07) is 0. The third-order valence-electron chi connectivity index (χ3n) is 5.22. The van der Waals surface area contributed by atoms with E-state index in [1.54, 1.807) is 0 Å². The van der Waals surface area contributed by atoms with Gasteiger partial charge in [-0.25, -0.2) is 0 Å². The predicted octanol–water partition coefficient (Wildman–Crippen LogP) is 1.26. The van der Waals surface area contributed by atoms with Crippen LogP contribution in [0.15, 0.2) is 0 Å². The minimum Gasteiger partial charge on any atom is -0.378 e. The number of hydrogen-bond acceptors (Lipinski definition) is 4. The number of nitrogens with one attached hydrogen (secondary N) is 1. The summed E-state index contributed by atoms with van der Waals surface area (Å²) in [6.45, 7) is 8.53. The Labute approximate surface area is 116 Å². The molecule has 0 aromatic heterocycles. The van der Waals surface area contributed by atoms with E-state index in [9.17, 15) is 0 Å². The summed E-state index contributed by atoms with van der Waals surface area (Å²) in [6.07, 6.45) is 5.07. The summed E-state index contributed by atoms with van der Waals surface area (Å²) in [5, 5.41) is 3.79. The van der Waals surface area contributed by atoms with E-state index in [1.807, 2.05) is 7.11 Å². The van der Waals surface area contributed by atoms with Crippen molar-refractivity contribution >= 4 is 0 Å². The Balaban J connectivity index is 1.65. The Morgan fingerprint density at radius 3 is 2.89 bits per heavy atom. The standard InChI is InChI=1S/C15H28N2O2/c1-14(13-4-5-13)10-17(8-3-7-16-14)11-15(18-2)6-9-19-12-15/h13,16H,3-12H2,1-2H3. The molecule has 1 aliphatic carbocycles. The van der Waals surface area contributed by atoms with Crippen molar-refractivity contribution in [1.82, 2.24) is 10.2 Å². The van der Waals surface area contributed by atoms with Gasteiger partial charge in [-0.2, -0.15) is 0 Å². The van der Waals surface area contributed by atoms with Crippen molar-refractivity contribution in [3.63, 3.8) is 0 Å². The van der Waals surface area contributed by atoms with Crippen molar-refractivity contribution in [2.24, 2.45) is 5.92 Å². The molecule has 2 saturated heterocycles. The van der Waals surface area contributed by atoms with Crippen LogP contribution in [0.2, 0.25) is 0 Å². The Morgan fingerprint density at radius 1 is 1.42 bits per heavy atom. The maximum absolute atomic E-state index is 5.80. The fraction of sp³-hybridized carbons (Fsp3) is 1.00. The molecular weight excluding hydrogens is 240 g/mol. The predicted molar refractivity (Wildman–Crippen MR) is 75.4 cm³/mol. The number of nitrogens with zero attached hydrogens (tertiary/aromatic N) is 1. The van der Waals surface area contributed by atoms with Gasteiger partial charge in [-0.05, 0) is 45.2 Å². The van der Waals surface area contributed by atoms with E-state index in [0.717, 1.165) is 45.2 Å². The number of hydrogen-bond donors (Lipinski definition) is 1. The minimum atomic E-state index is -0.0607. The van der Waals surface area contributed by atoms with Gasteiger partial charge in [-0.3, -0.25) is 4.90 Å². The molecule has 0 radical (unpaired) electrons. The van der Waals surface area contributed by atoms with Crippen LogP contribution in [0.4, 0.5) is 0 Å². The van der Waals surface area contributed by atoms with Gasteiger partial charge in [0.1, 0.15) is 5.60 Å². The highest BCUT2D eigenvalue weighted by molar-refractivity contribution is 5.02. The molecule has 0 aromatic rings. The van der Waals surface area contributed by atoms with Crippen molar-refractivity contribution in [1.29, 1.82) is 0 Å². The van der Waals surface area contributed by atoms with E-state index >= 15 is 0 Å². The summed E-state index contributed by atoms with van der Waals surface area (Å²) >= 11 is 0. The molecule has 4 nitrogen and oxygen atoms in total. The number of methoxy groups -OCH3 is 1. The highest BCUT2D eigenvalue weighted by atomic mass is 16.5. The zero-order valence-electron chi connectivity index (χ0n) is 12.4. The molecule has 3 rings (SSSR count). The molecule has 1 saturated carbocycles. The molecule has 0 aromatic carbocycles. The van der Waals surface area contributed by atoms with Crippen LogP contribution >= 0.6 is 0 Å². The molecule has 2 atom stereocenters. The van der Waals surface area contributed by atoms with Gasteiger partial charge in [0, 0.05) is 38.8 Å². The highest BCUT2D eigenvalue weighted by Gasteiger charge is 2.45. The summed E-state index contributed by atoms with van der Waals surface area (Å²) in [7, 11) is 1.84. The maximum atomic E-state index is 5.80. The molecule has 2 unspecified atom stereocenters. The summed E-state index contributed by atoms with van der Waals surface area (Å²) in [4.78, 5) is 2.61. The fourth-order valence-corrected chi connectivity index (χ4v) is 3.75. The average Bonchev–Trinajstić information content (AvgIpc) is 3.18. The van der Waals surface area contributed by atoms with Crippen LogP contribution in [0, 0.1) is 5.92 Å². The summed E-state index contributed by atoms with van der Waals surface area (Å²) in [5.41, 5.74) is 0.250. The SMILES string of the molecule is COC1(CN2CCCNC(C)(C3CC3)C2)CCOC1. The molecular formula is C15H28N2O2. The maximum Gasteiger partial charge on any atom is 0.106 e. The van der Waals surface area contributed by atoms with E-state index in [-0.39, 0.29) is 5.60 Å². The van der Waals surface area contributed by atoms with Crippen LogP contribution in [0.5, 0.6) is 0 Å². The third kappa shape index (κ3) is 2.97. The van der Waals surface area contributed by atoms with Crippen molar-refractivity contribution in [3.8, 4) is 0 Å². The lowest BCUT2D eigenvalue weighted by Gasteiger charge is -2.38. The molecule has 3 aliphatic rings. The molecule has 0 bridgehead atoms. The molecule has 3 fully saturated rings. The first-order valence-electron chi connectivity index (χ1n) is 7.76. The van der Waals surface area contributed by atoms with Crippen LogP contribution in [0.1, 0.15) is 32.6 Å². The molecule has 110 valence electrons. The molecule has 0 amide bonds. The molecule has 4 heteroatoms. The van der Waals surface area contributed by atoms with Crippen LogP contribution in [0.3, 0.4) is 0 Å². The second-order valence-electron chi connectivity index (χ2n) is 6.87. The molecule has 0 spiro atoms. The first-order valence-corrected chi connectivity index (χ1v) is 7.76. The van der Waals surface area contributed by atoms with E-state index in [2.05, 4.69) is 17.1 Å². The van der Waals surface area contributed by atoms with E-state index in [4.69, 9.17) is 9.47 Å². The fourth-order valence-electron chi connectivity index (χ4n) is 3.75. The smallest absolute Gasteiger partial charge is 0.106 e. The summed E-state index contributed by atoms with van der Waals surface area (Å²) in [5.74, 6) is 0.881. The van der Waals surface area contributed by atoms with Gasteiger partial charge in [-0.1, -0.05) is 0 Å². The lowest BCUT2D eigenvalue weighted by Crippen LogP contribution is -2.54. The second-order valence-corrected chi connectivity index (χ2v) is 6.87. The molecule has 2 heterocycles. The lowest BCUT2D eigenvalue weighted by atomic mass is 9.94. The third-order valence-corrected chi connectivity index (χ3v) is 5.22. The van der Waals surface area contributed by atoms with Gasteiger partial charge in [0.2, 0.25) is 0 Å². The Morgan fingerprint density at radius 2 is 2.26 bits per heavy atom. The quantitative estimate of drug-likeness (QED) is 0.832. The number of ether oxygens (including phenoxy) is 2. The van der Waals surface area contributed by atoms with Crippen LogP contribution < -0.4 is 5.32 Å². The van der Waals surface area contributed by atoms with Gasteiger partial charge in [0.25, 0.3) is 0 Å². The van der Waals surface area contributed by atoms with E-state index in [1.165, 1.54) is 25.8 Å². The van der Waals surface area contributed by atoms with E-state index < -0.39 is 0 Å². The van der Waals surface area contributed by atoms with Gasteiger partial charge in [0.05, 0.1) is 6.61 Å².